The Labute approximate surface area is 269 Å². The standard InChI is InChI=1S/C34H33N5O8/c1-34(45-4)25-14-27-30-21(16-39(27)31(41)24(25)18-46-32(34)42)13-22-23(17-38(2)3)28(11-10-26(22)36-30)47-33(43)35-15-20-7-5-19(6-8-20)9-12-29(40)37-44/h5-14,44H,15-18H2,1-4H3,(H,35,43)(H,37,40)/b12-9+/t34-/m0/s1. The Morgan fingerprint density at radius 1 is 1.15 bits per heavy atom. The summed E-state index contributed by atoms with van der Waals surface area (Å²) in [6, 6.07) is 14.4. The summed E-state index contributed by atoms with van der Waals surface area (Å²) in [7, 11) is 5.23. The predicted octanol–water partition coefficient (Wildman–Crippen LogP) is 3.21. The first-order chi connectivity index (χ1) is 22.5. The van der Waals surface area contributed by atoms with Gasteiger partial charge < -0.3 is 29.0 Å². The number of fused-ring (bicyclic) bond motifs is 5. The number of hydroxylamine groups is 1. The third kappa shape index (κ3) is 5.87. The number of hydrogen-bond donors (Lipinski definition) is 3. The Morgan fingerprint density at radius 2 is 1.91 bits per heavy atom. The first-order valence-corrected chi connectivity index (χ1v) is 14.8. The molecule has 1 atom stereocenters. The topological polar surface area (TPSA) is 161 Å². The van der Waals surface area contributed by atoms with E-state index in [1.165, 1.54) is 18.7 Å². The average molecular weight is 640 g/mol. The molecule has 6 rings (SSSR count). The molecular weight excluding hydrogens is 606 g/mol. The number of amides is 2. The Bertz CT molecular complexity index is 2020. The maximum Gasteiger partial charge on any atom is 0.412 e. The second kappa shape index (κ2) is 12.4. The fourth-order valence-corrected chi connectivity index (χ4v) is 5.87. The van der Waals surface area contributed by atoms with Crippen molar-refractivity contribution in [1.82, 2.24) is 25.2 Å². The van der Waals surface area contributed by atoms with E-state index in [2.05, 4.69) is 5.32 Å². The number of carbonyl (C=O) groups excluding carboxylic acids is 3. The summed E-state index contributed by atoms with van der Waals surface area (Å²) >= 11 is 0. The van der Waals surface area contributed by atoms with Gasteiger partial charge in [0.1, 0.15) is 12.4 Å². The van der Waals surface area contributed by atoms with Gasteiger partial charge in [0.2, 0.25) is 0 Å². The summed E-state index contributed by atoms with van der Waals surface area (Å²) in [6.45, 7) is 2.42. The molecule has 0 aliphatic carbocycles. The SMILES string of the molecule is CO[C@]1(C)C(=O)OCc2c1cc1n(c2=O)Cc2cc3c(CN(C)C)c(OC(=O)NCc4ccc(/C=C/C(=O)NO)cc4)ccc3nc2-1. The van der Waals surface area contributed by atoms with Gasteiger partial charge >= 0.3 is 12.1 Å². The van der Waals surface area contributed by atoms with E-state index in [0.717, 1.165) is 27.6 Å². The Hall–Kier alpha value is -5.37. The minimum absolute atomic E-state index is 0.123. The van der Waals surface area contributed by atoms with E-state index in [1.54, 1.807) is 60.0 Å². The van der Waals surface area contributed by atoms with Gasteiger partial charge in [-0.25, -0.2) is 20.1 Å². The van der Waals surface area contributed by atoms with Crippen molar-refractivity contribution in [2.24, 2.45) is 0 Å². The van der Waals surface area contributed by atoms with E-state index in [-0.39, 0.29) is 25.3 Å². The molecular formula is C34H33N5O8. The van der Waals surface area contributed by atoms with Crippen molar-refractivity contribution < 1.29 is 33.8 Å². The quantitative estimate of drug-likeness (QED) is 0.0995. The minimum atomic E-state index is -1.41. The van der Waals surface area contributed by atoms with Crippen LogP contribution in [0.5, 0.6) is 5.75 Å². The van der Waals surface area contributed by atoms with E-state index in [1.807, 2.05) is 25.1 Å². The van der Waals surface area contributed by atoms with Crippen LogP contribution in [0.15, 0.2) is 59.4 Å². The van der Waals surface area contributed by atoms with Gasteiger partial charge in [-0.1, -0.05) is 24.3 Å². The number of cyclic esters (lactones) is 1. The monoisotopic (exact) mass is 639 g/mol. The maximum absolute atomic E-state index is 13.6. The van der Waals surface area contributed by atoms with E-state index in [0.29, 0.717) is 40.3 Å². The number of benzene rings is 2. The van der Waals surface area contributed by atoms with Crippen molar-refractivity contribution in [1.29, 1.82) is 0 Å². The molecule has 13 nitrogen and oxygen atoms in total. The van der Waals surface area contributed by atoms with Gasteiger partial charge in [-0.15, -0.1) is 0 Å². The molecule has 2 aromatic heterocycles. The van der Waals surface area contributed by atoms with Crippen molar-refractivity contribution in [3.8, 4) is 17.1 Å². The Balaban J connectivity index is 1.27. The zero-order valence-corrected chi connectivity index (χ0v) is 26.2. The molecule has 2 aromatic carbocycles. The van der Waals surface area contributed by atoms with Crippen LogP contribution >= 0.6 is 0 Å². The number of aromatic nitrogens is 2. The van der Waals surface area contributed by atoms with Crippen molar-refractivity contribution in [3.05, 3.63) is 98.3 Å². The molecule has 2 amide bonds. The molecule has 13 heteroatoms. The van der Waals surface area contributed by atoms with Gasteiger partial charge in [-0.3, -0.25) is 14.8 Å². The number of methoxy groups -OCH3 is 1. The Morgan fingerprint density at radius 3 is 2.62 bits per heavy atom. The third-order valence-corrected chi connectivity index (χ3v) is 8.41. The first kappa shape index (κ1) is 31.6. The molecule has 2 aliphatic heterocycles. The van der Waals surface area contributed by atoms with Crippen LogP contribution in [0.4, 0.5) is 4.79 Å². The van der Waals surface area contributed by atoms with Crippen LogP contribution in [0.2, 0.25) is 0 Å². The van der Waals surface area contributed by atoms with E-state index in [9.17, 15) is 19.2 Å². The third-order valence-electron chi connectivity index (χ3n) is 8.41. The van der Waals surface area contributed by atoms with E-state index >= 15 is 0 Å². The summed E-state index contributed by atoms with van der Waals surface area (Å²) in [6.07, 6.45) is 2.11. The molecule has 0 saturated heterocycles. The minimum Gasteiger partial charge on any atom is -0.458 e. The maximum atomic E-state index is 13.6. The summed E-state index contributed by atoms with van der Waals surface area (Å²) < 4.78 is 18.3. The summed E-state index contributed by atoms with van der Waals surface area (Å²) in [5.74, 6) is -0.809. The first-order valence-electron chi connectivity index (χ1n) is 14.8. The lowest BCUT2D eigenvalue weighted by Crippen LogP contribution is -2.44. The summed E-state index contributed by atoms with van der Waals surface area (Å²) in [5.41, 5.74) is 5.75. The van der Waals surface area contributed by atoms with E-state index < -0.39 is 23.6 Å². The number of carbonyl (C=O) groups is 3. The Kier molecular flexibility index (Phi) is 8.36. The lowest BCUT2D eigenvalue weighted by Gasteiger charge is -2.32. The summed E-state index contributed by atoms with van der Waals surface area (Å²) in [5, 5.41) is 12.2. The number of esters is 1. The van der Waals surface area contributed by atoms with Crippen LogP contribution in [-0.2, 0) is 50.9 Å². The largest absolute Gasteiger partial charge is 0.458 e. The van der Waals surface area contributed by atoms with Gasteiger partial charge in [0.05, 0.1) is 29.0 Å². The zero-order valence-electron chi connectivity index (χ0n) is 26.2. The number of nitrogens with one attached hydrogen (secondary N) is 2. The van der Waals surface area contributed by atoms with Crippen molar-refractivity contribution in [2.45, 2.75) is 38.8 Å². The fourth-order valence-electron chi connectivity index (χ4n) is 5.87. The highest BCUT2D eigenvalue weighted by Crippen LogP contribution is 2.40. The predicted molar refractivity (Wildman–Crippen MR) is 170 cm³/mol. The second-order valence-electron chi connectivity index (χ2n) is 11.8. The van der Waals surface area contributed by atoms with Crippen molar-refractivity contribution >= 4 is 34.9 Å². The highest BCUT2D eigenvalue weighted by molar-refractivity contribution is 5.91. The fraction of sp³-hybridized carbons (Fsp3) is 0.265. The van der Waals surface area contributed by atoms with Gasteiger partial charge in [-0.05, 0) is 62.5 Å². The van der Waals surface area contributed by atoms with Gasteiger partial charge in [-0.2, -0.15) is 0 Å². The van der Waals surface area contributed by atoms with Crippen molar-refractivity contribution in [2.75, 3.05) is 21.2 Å². The number of pyridine rings is 2. The molecule has 0 radical (unpaired) electrons. The molecule has 0 saturated carbocycles. The number of hydrogen-bond acceptors (Lipinski definition) is 10. The van der Waals surface area contributed by atoms with Crippen LogP contribution in [0, 0.1) is 0 Å². The highest BCUT2D eigenvalue weighted by Gasteiger charge is 2.45. The molecule has 4 heterocycles. The van der Waals surface area contributed by atoms with Crippen LogP contribution in [0.3, 0.4) is 0 Å². The van der Waals surface area contributed by atoms with Crippen LogP contribution in [0.25, 0.3) is 28.4 Å². The molecule has 4 aromatic rings. The van der Waals surface area contributed by atoms with E-state index in [4.69, 9.17) is 24.4 Å². The van der Waals surface area contributed by atoms with Gasteiger partial charge in [0.15, 0.2) is 5.60 Å². The summed E-state index contributed by atoms with van der Waals surface area (Å²) in [4.78, 5) is 57.2. The molecule has 2 aliphatic rings. The molecule has 0 spiro atoms. The molecule has 3 N–H and O–H groups in total. The molecule has 0 unspecified atom stereocenters. The van der Waals surface area contributed by atoms with Gasteiger partial charge in [0.25, 0.3) is 11.5 Å². The zero-order chi connectivity index (χ0) is 33.5. The molecule has 47 heavy (non-hydrogen) atoms. The van der Waals surface area contributed by atoms with Gasteiger partial charge in [0, 0.05) is 48.4 Å². The normalized spacial score (nSPS) is 16.5. The number of rotatable bonds is 8. The van der Waals surface area contributed by atoms with Crippen LogP contribution in [0.1, 0.15) is 40.3 Å². The second-order valence-corrected chi connectivity index (χ2v) is 11.8. The highest BCUT2D eigenvalue weighted by atomic mass is 16.6. The number of ether oxygens (including phenoxy) is 3. The molecule has 0 bridgehead atoms. The molecule has 242 valence electrons. The lowest BCUT2D eigenvalue weighted by atomic mass is 9.89. The van der Waals surface area contributed by atoms with Crippen molar-refractivity contribution in [3.63, 3.8) is 0 Å². The number of nitrogens with zero attached hydrogens (tertiary/aromatic N) is 3. The van der Waals surface area contributed by atoms with Crippen LogP contribution < -0.4 is 21.1 Å². The smallest absolute Gasteiger partial charge is 0.412 e. The molecule has 0 fully saturated rings. The van der Waals surface area contributed by atoms with Crippen LogP contribution in [-0.4, -0.2) is 58.8 Å². The lowest BCUT2D eigenvalue weighted by molar-refractivity contribution is -0.173. The average Bonchev–Trinajstić information content (AvgIpc) is 3.43.